The van der Waals surface area contributed by atoms with E-state index in [2.05, 4.69) is 14.7 Å². The first-order chi connectivity index (χ1) is 23.1. The van der Waals surface area contributed by atoms with Gasteiger partial charge in [-0.1, -0.05) is 58.4 Å². The predicted octanol–water partition coefficient (Wildman–Crippen LogP) is 7.15. The number of aliphatic carboxylic acids is 1. The molecule has 274 valence electrons. The van der Waals surface area contributed by atoms with Crippen molar-refractivity contribution in [2.24, 2.45) is 5.41 Å². The molecule has 0 saturated carbocycles. The third-order valence-electron chi connectivity index (χ3n) is 7.37. The Hall–Kier alpha value is -4.24. The molecule has 3 aromatic rings. The number of nitrogens with one attached hydrogen (secondary N) is 1. The molecule has 3 rings (SSSR count). The van der Waals surface area contributed by atoms with Crippen LogP contribution in [-0.4, -0.2) is 66.5 Å². The molecule has 2 heterocycles. The molecule has 2 aromatic heterocycles. The average Bonchev–Trinajstić information content (AvgIpc) is 3.00. The molecule has 1 amide bonds. The Bertz CT molecular complexity index is 1690. The molecule has 15 heteroatoms. The summed E-state index contributed by atoms with van der Waals surface area (Å²) < 4.78 is 75.3. The Morgan fingerprint density at radius 1 is 0.960 bits per heavy atom. The van der Waals surface area contributed by atoms with Gasteiger partial charge in [-0.05, 0) is 81.0 Å². The van der Waals surface area contributed by atoms with Crippen LogP contribution in [0.4, 0.5) is 29.5 Å². The summed E-state index contributed by atoms with van der Waals surface area (Å²) in [5.41, 5.74) is -0.898. The second-order valence-corrected chi connectivity index (χ2v) is 15.6. The number of unbranched alkanes of at least 4 members (excludes halogenated alkanes) is 1. The monoisotopic (exact) mass is 721 g/mol. The smallest absolute Gasteiger partial charge is 0.416 e. The van der Waals surface area contributed by atoms with Crippen LogP contribution < -0.4 is 14.5 Å². The summed E-state index contributed by atoms with van der Waals surface area (Å²) in [4.78, 5) is 37.0. The number of hydrogen-bond acceptors (Lipinski definition) is 8. The molecule has 0 saturated heterocycles. The van der Waals surface area contributed by atoms with Crippen LogP contribution in [0.1, 0.15) is 78.6 Å². The van der Waals surface area contributed by atoms with Gasteiger partial charge in [-0.15, -0.1) is 0 Å². The molecule has 2 N–H and O–H groups in total. The second-order valence-electron chi connectivity index (χ2n) is 14.0. The SMILES string of the molecule is CCCCN(CC(F)(F)F)c1ccc(CC(NS(=O)(=O)c2ccccn2)c2cccc(N(C(=O)OC(C)(C)C)C(C(=O)O)C(C)(C)C)n2)cc1. The van der Waals surface area contributed by atoms with Crippen LogP contribution in [0.15, 0.2) is 71.9 Å². The predicted molar refractivity (Wildman–Crippen MR) is 184 cm³/mol. The van der Waals surface area contributed by atoms with Crippen molar-refractivity contribution in [3.8, 4) is 0 Å². The fourth-order valence-corrected chi connectivity index (χ4v) is 6.34. The number of benzene rings is 1. The van der Waals surface area contributed by atoms with E-state index in [-0.39, 0.29) is 29.5 Å². The zero-order valence-corrected chi connectivity index (χ0v) is 30.2. The number of alkyl halides is 3. The first-order valence-corrected chi connectivity index (χ1v) is 17.7. The van der Waals surface area contributed by atoms with Gasteiger partial charge >= 0.3 is 18.2 Å². The summed E-state index contributed by atoms with van der Waals surface area (Å²) in [7, 11) is -4.24. The molecule has 0 aliphatic heterocycles. The number of anilines is 2. The number of rotatable bonds is 14. The Balaban J connectivity index is 2.12. The summed E-state index contributed by atoms with van der Waals surface area (Å²) in [5, 5.41) is 10.0. The summed E-state index contributed by atoms with van der Waals surface area (Å²) in [6.45, 7) is 10.9. The van der Waals surface area contributed by atoms with Crippen LogP contribution >= 0.6 is 0 Å². The Morgan fingerprint density at radius 3 is 2.14 bits per heavy atom. The van der Waals surface area contributed by atoms with Gasteiger partial charge < -0.3 is 14.7 Å². The maximum absolute atomic E-state index is 13.6. The molecule has 2 atom stereocenters. The standard InChI is InChI=1S/C35H46F3N5O6S/c1-8-9-21-42(23-35(36,37)38)25-18-16-24(17-19-25)22-27(41-50(47,48)29-15-10-11-20-39-29)26-13-12-14-28(40-26)43(32(46)49-34(5,6)7)30(31(44)45)33(2,3)4/h10-20,27,30,41H,8-9,21-23H2,1-7H3,(H,44,45). The van der Waals surface area contributed by atoms with E-state index >= 15 is 0 Å². The van der Waals surface area contributed by atoms with E-state index in [1.54, 1.807) is 71.9 Å². The van der Waals surface area contributed by atoms with Crippen molar-refractivity contribution in [3.05, 3.63) is 78.1 Å². The van der Waals surface area contributed by atoms with E-state index in [4.69, 9.17) is 4.74 Å². The molecular formula is C35H46F3N5O6S. The van der Waals surface area contributed by atoms with Gasteiger partial charge in [0.15, 0.2) is 5.03 Å². The van der Waals surface area contributed by atoms with Crippen LogP contribution in [-0.2, 0) is 26.0 Å². The minimum Gasteiger partial charge on any atom is -0.480 e. The number of amides is 1. The minimum atomic E-state index is -4.40. The van der Waals surface area contributed by atoms with Crippen LogP contribution in [0.5, 0.6) is 0 Å². The number of aromatic nitrogens is 2. The second kappa shape index (κ2) is 16.2. The van der Waals surface area contributed by atoms with Crippen molar-refractivity contribution in [1.82, 2.24) is 14.7 Å². The summed E-state index contributed by atoms with van der Waals surface area (Å²) >= 11 is 0. The lowest BCUT2D eigenvalue weighted by Gasteiger charge is -2.37. The van der Waals surface area contributed by atoms with Gasteiger partial charge in [0.2, 0.25) is 0 Å². The number of carbonyl (C=O) groups is 2. The molecule has 0 fully saturated rings. The van der Waals surface area contributed by atoms with Gasteiger partial charge in [-0.25, -0.2) is 37.6 Å². The number of hydrogen-bond donors (Lipinski definition) is 2. The molecule has 50 heavy (non-hydrogen) atoms. The lowest BCUT2D eigenvalue weighted by atomic mass is 9.85. The highest BCUT2D eigenvalue weighted by Crippen LogP contribution is 2.32. The van der Waals surface area contributed by atoms with Crippen LogP contribution in [0.25, 0.3) is 0 Å². The van der Waals surface area contributed by atoms with Crippen molar-refractivity contribution in [2.45, 2.75) is 96.6 Å². The average molecular weight is 722 g/mol. The lowest BCUT2D eigenvalue weighted by Crippen LogP contribution is -2.54. The van der Waals surface area contributed by atoms with Crippen molar-refractivity contribution >= 4 is 33.6 Å². The molecule has 1 aromatic carbocycles. The fraction of sp³-hybridized carbons (Fsp3) is 0.486. The van der Waals surface area contributed by atoms with Gasteiger partial charge in [-0.2, -0.15) is 13.2 Å². The molecule has 11 nitrogen and oxygen atoms in total. The molecular weight excluding hydrogens is 675 g/mol. The first-order valence-electron chi connectivity index (χ1n) is 16.2. The molecule has 0 aliphatic carbocycles. The van der Waals surface area contributed by atoms with Crippen molar-refractivity contribution < 1.29 is 41.0 Å². The Morgan fingerprint density at radius 2 is 1.62 bits per heavy atom. The Labute approximate surface area is 291 Å². The van der Waals surface area contributed by atoms with E-state index in [1.165, 1.54) is 41.4 Å². The maximum atomic E-state index is 13.6. The van der Waals surface area contributed by atoms with Gasteiger partial charge in [-0.3, -0.25) is 0 Å². The Kier molecular flexibility index (Phi) is 13.0. The highest BCUT2D eigenvalue weighted by Gasteiger charge is 2.43. The number of carboxylic acids is 1. The van der Waals surface area contributed by atoms with E-state index in [0.717, 1.165) is 4.90 Å². The van der Waals surface area contributed by atoms with E-state index in [1.807, 2.05) is 6.92 Å². The van der Waals surface area contributed by atoms with Crippen molar-refractivity contribution in [1.29, 1.82) is 0 Å². The van der Waals surface area contributed by atoms with Crippen LogP contribution in [0.3, 0.4) is 0 Å². The van der Waals surface area contributed by atoms with Crippen LogP contribution in [0.2, 0.25) is 0 Å². The normalized spacial score (nSPS) is 13.7. The van der Waals surface area contributed by atoms with E-state index in [0.29, 0.717) is 24.1 Å². The minimum absolute atomic E-state index is 0.00883. The number of carboxylic acid groups (broad SMARTS) is 1. The number of sulfonamides is 1. The van der Waals surface area contributed by atoms with E-state index < -0.39 is 57.9 Å². The quantitative estimate of drug-likeness (QED) is 0.178. The summed E-state index contributed by atoms with van der Waals surface area (Å²) in [6.07, 6.45) is -2.77. The lowest BCUT2D eigenvalue weighted by molar-refractivity contribution is -0.141. The third-order valence-corrected chi connectivity index (χ3v) is 8.75. The molecule has 0 radical (unpaired) electrons. The van der Waals surface area contributed by atoms with Crippen molar-refractivity contribution in [2.75, 3.05) is 22.9 Å². The molecule has 0 spiro atoms. The van der Waals surface area contributed by atoms with Gasteiger partial charge in [0.05, 0.1) is 11.7 Å². The molecule has 2 unspecified atom stereocenters. The number of ether oxygens (including phenoxy) is 1. The number of carbonyl (C=O) groups excluding carboxylic acids is 1. The van der Waals surface area contributed by atoms with Gasteiger partial charge in [0.25, 0.3) is 10.0 Å². The van der Waals surface area contributed by atoms with E-state index in [9.17, 15) is 36.3 Å². The number of nitrogens with zero attached hydrogens (tertiary/aromatic N) is 4. The number of pyridine rings is 2. The summed E-state index contributed by atoms with van der Waals surface area (Å²) in [6, 6.07) is 12.7. The first kappa shape index (κ1) is 40.2. The molecule has 0 bridgehead atoms. The molecule has 0 aliphatic rings. The largest absolute Gasteiger partial charge is 0.480 e. The highest BCUT2D eigenvalue weighted by molar-refractivity contribution is 7.89. The zero-order chi connectivity index (χ0) is 37.5. The summed E-state index contributed by atoms with van der Waals surface area (Å²) in [5.74, 6) is -1.39. The highest BCUT2D eigenvalue weighted by atomic mass is 32.2. The van der Waals surface area contributed by atoms with Gasteiger partial charge in [0.1, 0.15) is 24.0 Å². The van der Waals surface area contributed by atoms with Crippen LogP contribution in [0, 0.1) is 5.41 Å². The topological polar surface area (TPSA) is 142 Å². The van der Waals surface area contributed by atoms with Crippen molar-refractivity contribution in [3.63, 3.8) is 0 Å². The third kappa shape index (κ3) is 11.7. The van der Waals surface area contributed by atoms with Gasteiger partial charge in [0, 0.05) is 18.4 Å². The zero-order valence-electron chi connectivity index (χ0n) is 29.4. The fourth-order valence-electron chi connectivity index (χ4n) is 5.18. The number of halogens is 3. The maximum Gasteiger partial charge on any atom is 0.416 e.